The molecule has 2 heterocycles. The molecule has 0 aliphatic rings. The standard InChI is InChI=1S/C13H10BrN3/c1-9-4-2-5-10(8-9)13-15-12-7-3-6-11(14)17(12)16-13/h2-8H,1H3. The maximum absolute atomic E-state index is 4.51. The molecular weight excluding hydrogens is 278 g/mol. The van der Waals surface area contributed by atoms with Gasteiger partial charge in [-0.2, -0.15) is 0 Å². The summed E-state index contributed by atoms with van der Waals surface area (Å²) in [7, 11) is 0. The van der Waals surface area contributed by atoms with Crippen LogP contribution in [0.1, 0.15) is 5.56 Å². The number of aromatic nitrogens is 3. The van der Waals surface area contributed by atoms with Crippen molar-refractivity contribution in [3.8, 4) is 11.4 Å². The van der Waals surface area contributed by atoms with Crippen LogP contribution in [0.3, 0.4) is 0 Å². The number of hydrogen-bond donors (Lipinski definition) is 0. The van der Waals surface area contributed by atoms with Crippen molar-refractivity contribution in [2.75, 3.05) is 0 Å². The summed E-state index contributed by atoms with van der Waals surface area (Å²) < 4.78 is 2.69. The van der Waals surface area contributed by atoms with E-state index in [-0.39, 0.29) is 0 Å². The highest BCUT2D eigenvalue weighted by atomic mass is 79.9. The third-order valence-electron chi connectivity index (χ3n) is 2.59. The molecule has 0 saturated heterocycles. The largest absolute Gasteiger partial charge is 0.207 e. The van der Waals surface area contributed by atoms with Gasteiger partial charge in [-0.15, -0.1) is 5.10 Å². The van der Waals surface area contributed by atoms with Gasteiger partial charge < -0.3 is 0 Å². The number of fused-ring (bicyclic) bond motifs is 1. The lowest BCUT2D eigenvalue weighted by Crippen LogP contribution is -1.88. The molecule has 3 rings (SSSR count). The van der Waals surface area contributed by atoms with E-state index in [4.69, 9.17) is 0 Å². The normalized spacial score (nSPS) is 10.9. The zero-order chi connectivity index (χ0) is 11.8. The summed E-state index contributed by atoms with van der Waals surface area (Å²) in [5.74, 6) is 0.751. The molecule has 0 amide bonds. The van der Waals surface area contributed by atoms with Gasteiger partial charge in [-0.25, -0.2) is 9.50 Å². The minimum atomic E-state index is 0.751. The van der Waals surface area contributed by atoms with Gasteiger partial charge in [0, 0.05) is 5.56 Å². The monoisotopic (exact) mass is 287 g/mol. The lowest BCUT2D eigenvalue weighted by molar-refractivity contribution is 0.940. The van der Waals surface area contributed by atoms with E-state index in [1.807, 2.05) is 30.3 Å². The first-order valence-corrected chi connectivity index (χ1v) is 6.12. The molecule has 17 heavy (non-hydrogen) atoms. The van der Waals surface area contributed by atoms with Crippen LogP contribution in [0.5, 0.6) is 0 Å². The van der Waals surface area contributed by atoms with Crippen LogP contribution in [-0.2, 0) is 0 Å². The van der Waals surface area contributed by atoms with Crippen molar-refractivity contribution in [2.24, 2.45) is 0 Å². The number of pyridine rings is 1. The van der Waals surface area contributed by atoms with E-state index >= 15 is 0 Å². The molecule has 0 aliphatic carbocycles. The minimum Gasteiger partial charge on any atom is -0.207 e. The van der Waals surface area contributed by atoms with Crippen LogP contribution in [0.4, 0.5) is 0 Å². The number of rotatable bonds is 1. The quantitative estimate of drug-likeness (QED) is 0.642. The zero-order valence-electron chi connectivity index (χ0n) is 9.26. The van der Waals surface area contributed by atoms with Gasteiger partial charge in [-0.3, -0.25) is 0 Å². The second kappa shape index (κ2) is 3.96. The summed E-state index contributed by atoms with van der Waals surface area (Å²) >= 11 is 3.46. The Labute approximate surface area is 107 Å². The molecule has 0 saturated carbocycles. The minimum absolute atomic E-state index is 0.751. The zero-order valence-corrected chi connectivity index (χ0v) is 10.8. The molecule has 2 aromatic heterocycles. The molecule has 0 aliphatic heterocycles. The molecule has 0 atom stereocenters. The van der Waals surface area contributed by atoms with Gasteiger partial charge in [0.15, 0.2) is 11.5 Å². The van der Waals surface area contributed by atoms with E-state index < -0.39 is 0 Å². The predicted molar refractivity (Wildman–Crippen MR) is 70.9 cm³/mol. The smallest absolute Gasteiger partial charge is 0.182 e. The molecule has 0 spiro atoms. The molecule has 0 unspecified atom stereocenters. The highest BCUT2D eigenvalue weighted by Crippen LogP contribution is 2.19. The molecule has 84 valence electrons. The molecular formula is C13H10BrN3. The Morgan fingerprint density at radius 3 is 2.71 bits per heavy atom. The Balaban J connectivity index is 2.22. The van der Waals surface area contributed by atoms with Crippen LogP contribution in [0.2, 0.25) is 0 Å². The number of nitrogens with zero attached hydrogens (tertiary/aromatic N) is 3. The van der Waals surface area contributed by atoms with Crippen molar-refractivity contribution in [1.29, 1.82) is 0 Å². The van der Waals surface area contributed by atoms with Gasteiger partial charge in [0.1, 0.15) is 4.60 Å². The van der Waals surface area contributed by atoms with Crippen molar-refractivity contribution in [3.63, 3.8) is 0 Å². The fraction of sp³-hybridized carbons (Fsp3) is 0.0769. The fourth-order valence-electron chi connectivity index (χ4n) is 1.78. The highest BCUT2D eigenvalue weighted by Gasteiger charge is 2.07. The number of hydrogen-bond acceptors (Lipinski definition) is 2. The molecule has 0 fully saturated rings. The Bertz CT molecular complexity index is 688. The number of benzene rings is 1. The molecule has 3 aromatic rings. The Morgan fingerprint density at radius 1 is 1.12 bits per heavy atom. The fourth-order valence-corrected chi connectivity index (χ4v) is 2.19. The van der Waals surface area contributed by atoms with Gasteiger partial charge in [0.25, 0.3) is 0 Å². The van der Waals surface area contributed by atoms with Crippen molar-refractivity contribution in [3.05, 3.63) is 52.6 Å². The summed E-state index contributed by atoms with van der Waals surface area (Å²) in [5, 5.41) is 4.48. The lowest BCUT2D eigenvalue weighted by Gasteiger charge is -1.96. The maximum Gasteiger partial charge on any atom is 0.182 e. The van der Waals surface area contributed by atoms with Gasteiger partial charge in [0.05, 0.1) is 0 Å². The Morgan fingerprint density at radius 2 is 1.94 bits per heavy atom. The Hall–Kier alpha value is -1.68. The third-order valence-corrected chi connectivity index (χ3v) is 3.19. The van der Waals surface area contributed by atoms with Crippen molar-refractivity contribution < 1.29 is 0 Å². The summed E-state index contributed by atoms with van der Waals surface area (Å²) in [6.45, 7) is 2.06. The summed E-state index contributed by atoms with van der Waals surface area (Å²) in [6.07, 6.45) is 0. The van der Waals surface area contributed by atoms with E-state index in [9.17, 15) is 0 Å². The van der Waals surface area contributed by atoms with E-state index in [0.717, 1.165) is 21.6 Å². The lowest BCUT2D eigenvalue weighted by atomic mass is 10.1. The molecule has 4 heteroatoms. The molecule has 3 nitrogen and oxygen atoms in total. The van der Waals surface area contributed by atoms with Crippen LogP contribution in [0, 0.1) is 6.92 Å². The van der Waals surface area contributed by atoms with Gasteiger partial charge in [-0.05, 0) is 41.1 Å². The first-order valence-electron chi connectivity index (χ1n) is 5.32. The molecule has 0 bridgehead atoms. The SMILES string of the molecule is Cc1cccc(-c2nc3cccc(Br)n3n2)c1. The van der Waals surface area contributed by atoms with Crippen LogP contribution in [0.25, 0.3) is 17.0 Å². The molecule has 1 aromatic carbocycles. The van der Waals surface area contributed by atoms with E-state index in [1.54, 1.807) is 4.52 Å². The molecule has 0 radical (unpaired) electrons. The summed E-state index contributed by atoms with van der Waals surface area (Å²) in [6, 6.07) is 14.0. The van der Waals surface area contributed by atoms with E-state index in [2.05, 4.69) is 45.1 Å². The second-order valence-corrected chi connectivity index (χ2v) is 4.74. The predicted octanol–water partition coefficient (Wildman–Crippen LogP) is 3.47. The van der Waals surface area contributed by atoms with Crippen LogP contribution >= 0.6 is 15.9 Å². The van der Waals surface area contributed by atoms with E-state index in [1.165, 1.54) is 5.56 Å². The van der Waals surface area contributed by atoms with Crippen molar-refractivity contribution in [1.82, 2.24) is 14.6 Å². The van der Waals surface area contributed by atoms with E-state index in [0.29, 0.717) is 0 Å². The van der Waals surface area contributed by atoms with Crippen molar-refractivity contribution in [2.45, 2.75) is 6.92 Å². The number of aryl methyl sites for hydroxylation is 1. The molecule has 0 N–H and O–H groups in total. The number of halogens is 1. The van der Waals surface area contributed by atoms with Crippen molar-refractivity contribution >= 4 is 21.6 Å². The van der Waals surface area contributed by atoms with Crippen LogP contribution in [-0.4, -0.2) is 14.6 Å². The Kier molecular flexibility index (Phi) is 2.44. The van der Waals surface area contributed by atoms with Crippen LogP contribution < -0.4 is 0 Å². The second-order valence-electron chi connectivity index (χ2n) is 3.92. The van der Waals surface area contributed by atoms with Gasteiger partial charge >= 0.3 is 0 Å². The summed E-state index contributed by atoms with van der Waals surface area (Å²) in [5.41, 5.74) is 3.09. The summed E-state index contributed by atoms with van der Waals surface area (Å²) in [4.78, 5) is 4.51. The average molecular weight is 288 g/mol. The van der Waals surface area contributed by atoms with Gasteiger partial charge in [-0.1, -0.05) is 29.8 Å². The average Bonchev–Trinajstić information content (AvgIpc) is 2.74. The van der Waals surface area contributed by atoms with Gasteiger partial charge in [0.2, 0.25) is 0 Å². The highest BCUT2D eigenvalue weighted by molar-refractivity contribution is 9.10. The van der Waals surface area contributed by atoms with Crippen LogP contribution in [0.15, 0.2) is 47.1 Å². The first kappa shape index (κ1) is 10.5. The first-order chi connectivity index (χ1) is 8.24. The third kappa shape index (κ3) is 1.85. The maximum atomic E-state index is 4.51. The topological polar surface area (TPSA) is 30.2 Å².